The Balaban J connectivity index is 2.13. The summed E-state index contributed by atoms with van der Waals surface area (Å²) in [6.45, 7) is 2.70. The van der Waals surface area contributed by atoms with Crippen molar-refractivity contribution < 1.29 is 9.53 Å². The lowest BCUT2D eigenvalue weighted by Gasteiger charge is -2.14. The molecule has 0 aromatic rings. The molecule has 1 aliphatic heterocycles. The van der Waals surface area contributed by atoms with Gasteiger partial charge in [-0.1, -0.05) is 0 Å². The van der Waals surface area contributed by atoms with Crippen molar-refractivity contribution in [1.82, 2.24) is 10.3 Å². The molecule has 1 amide bonds. The number of hydrogen-bond donors (Lipinski definition) is 2. The minimum atomic E-state index is -0.110. The maximum Gasteiger partial charge on any atom is 0.235 e. The molecule has 1 fully saturated rings. The fourth-order valence-corrected chi connectivity index (χ4v) is 1.52. The van der Waals surface area contributed by atoms with E-state index in [9.17, 15) is 4.79 Å². The van der Waals surface area contributed by atoms with Crippen LogP contribution in [0.15, 0.2) is 0 Å². The number of nitrogens with zero attached hydrogens (tertiary/aromatic N) is 1. The first-order valence-corrected chi connectivity index (χ1v) is 4.51. The smallest absolute Gasteiger partial charge is 0.235 e. The number of carbonyl (C=O) groups excluding carboxylic acids is 1. The molecule has 1 atom stereocenters. The molecule has 5 nitrogen and oxygen atoms in total. The molecule has 1 rings (SSSR count). The summed E-state index contributed by atoms with van der Waals surface area (Å²) in [5, 5.41) is 0. The number of methoxy groups -OCH3 is 1. The summed E-state index contributed by atoms with van der Waals surface area (Å²) < 4.78 is 5.21. The third-order valence-electron chi connectivity index (χ3n) is 2.38. The largest absolute Gasteiger partial charge is 0.380 e. The molecule has 5 heteroatoms. The average molecular weight is 187 g/mol. The van der Waals surface area contributed by atoms with Gasteiger partial charge in [-0.3, -0.25) is 10.2 Å². The Hall–Kier alpha value is -0.650. The number of ether oxygens (including phenoxy) is 1. The number of nitrogens with one attached hydrogen (secondary N) is 1. The first kappa shape index (κ1) is 10.4. The second-order valence-corrected chi connectivity index (χ2v) is 3.26. The van der Waals surface area contributed by atoms with E-state index in [0.717, 1.165) is 26.1 Å². The minimum Gasteiger partial charge on any atom is -0.380 e. The number of hydrogen-bond acceptors (Lipinski definition) is 4. The van der Waals surface area contributed by atoms with E-state index in [0.29, 0.717) is 12.5 Å². The number of hydrazine groups is 1. The zero-order valence-corrected chi connectivity index (χ0v) is 7.95. The molecule has 0 spiro atoms. The van der Waals surface area contributed by atoms with Crippen LogP contribution in [0.3, 0.4) is 0 Å². The first-order chi connectivity index (χ1) is 6.26. The van der Waals surface area contributed by atoms with Gasteiger partial charge < -0.3 is 9.64 Å². The second-order valence-electron chi connectivity index (χ2n) is 3.26. The van der Waals surface area contributed by atoms with Crippen LogP contribution < -0.4 is 11.3 Å². The topological polar surface area (TPSA) is 67.6 Å². The molecule has 0 aromatic heterocycles. The zero-order chi connectivity index (χ0) is 9.68. The van der Waals surface area contributed by atoms with Gasteiger partial charge in [0.1, 0.15) is 0 Å². The Morgan fingerprint density at radius 3 is 3.08 bits per heavy atom. The highest BCUT2D eigenvalue weighted by Gasteiger charge is 2.21. The third kappa shape index (κ3) is 3.30. The zero-order valence-electron chi connectivity index (χ0n) is 7.95. The lowest BCUT2D eigenvalue weighted by atomic mass is 10.3. The lowest BCUT2D eigenvalue weighted by molar-refractivity contribution is -0.121. The molecule has 1 unspecified atom stereocenters. The summed E-state index contributed by atoms with van der Waals surface area (Å²) in [5.74, 6) is 4.86. The van der Waals surface area contributed by atoms with Gasteiger partial charge in [0.25, 0.3) is 0 Å². The summed E-state index contributed by atoms with van der Waals surface area (Å²) in [4.78, 5) is 13.0. The Kier molecular flexibility index (Phi) is 4.14. The molecule has 1 saturated heterocycles. The van der Waals surface area contributed by atoms with Crippen LogP contribution in [0.5, 0.6) is 0 Å². The molecule has 3 N–H and O–H groups in total. The van der Waals surface area contributed by atoms with E-state index >= 15 is 0 Å². The van der Waals surface area contributed by atoms with Crippen LogP contribution in [0.2, 0.25) is 0 Å². The molecule has 0 bridgehead atoms. The quantitative estimate of drug-likeness (QED) is 0.339. The van der Waals surface area contributed by atoms with E-state index in [1.54, 1.807) is 7.11 Å². The van der Waals surface area contributed by atoms with E-state index in [2.05, 4.69) is 10.3 Å². The van der Waals surface area contributed by atoms with Gasteiger partial charge in [-0.15, -0.1) is 0 Å². The number of carbonyl (C=O) groups is 1. The summed E-state index contributed by atoms with van der Waals surface area (Å²) in [7, 11) is 1.72. The van der Waals surface area contributed by atoms with E-state index in [1.807, 2.05) is 0 Å². The Morgan fingerprint density at radius 1 is 1.77 bits per heavy atom. The van der Waals surface area contributed by atoms with Crippen LogP contribution in [0, 0.1) is 0 Å². The van der Waals surface area contributed by atoms with Crippen LogP contribution in [-0.4, -0.2) is 43.7 Å². The van der Waals surface area contributed by atoms with Crippen molar-refractivity contribution in [3.63, 3.8) is 0 Å². The fraction of sp³-hybridized carbons (Fsp3) is 0.875. The summed E-state index contributed by atoms with van der Waals surface area (Å²) in [5.41, 5.74) is 2.12. The molecule has 0 radical (unpaired) electrons. The minimum absolute atomic E-state index is 0.110. The monoisotopic (exact) mass is 187 g/mol. The molecular weight excluding hydrogens is 170 g/mol. The number of likely N-dealkylation sites (tertiary alicyclic amines) is 1. The van der Waals surface area contributed by atoms with Gasteiger partial charge in [0.15, 0.2) is 0 Å². The molecule has 0 saturated carbocycles. The third-order valence-corrected chi connectivity index (χ3v) is 2.38. The van der Waals surface area contributed by atoms with E-state index in [-0.39, 0.29) is 5.91 Å². The Morgan fingerprint density at radius 2 is 2.54 bits per heavy atom. The number of nitrogens with two attached hydrogens (primary N) is 1. The van der Waals surface area contributed by atoms with Crippen molar-refractivity contribution in [2.45, 2.75) is 18.9 Å². The van der Waals surface area contributed by atoms with Gasteiger partial charge in [0, 0.05) is 33.2 Å². The van der Waals surface area contributed by atoms with E-state index in [1.165, 1.54) is 0 Å². The molecule has 0 aliphatic carbocycles. The molecule has 1 aliphatic rings. The maximum atomic E-state index is 10.8. The van der Waals surface area contributed by atoms with E-state index < -0.39 is 0 Å². The highest BCUT2D eigenvalue weighted by atomic mass is 16.5. The van der Waals surface area contributed by atoms with Crippen molar-refractivity contribution in [2.75, 3.05) is 26.7 Å². The maximum absolute atomic E-state index is 10.8. The van der Waals surface area contributed by atoms with Crippen LogP contribution in [0.1, 0.15) is 12.8 Å². The van der Waals surface area contributed by atoms with Gasteiger partial charge in [-0.25, -0.2) is 5.84 Å². The Labute approximate surface area is 78.2 Å². The standard InChI is InChI=1S/C8H17N3O2/c1-13-7-2-4-11(6-7)5-3-8(12)10-9/h7H,2-6,9H2,1H3,(H,10,12). The van der Waals surface area contributed by atoms with Gasteiger partial charge in [0.05, 0.1) is 6.10 Å². The molecular formula is C8H17N3O2. The van der Waals surface area contributed by atoms with Gasteiger partial charge in [-0.2, -0.15) is 0 Å². The van der Waals surface area contributed by atoms with Crippen molar-refractivity contribution in [1.29, 1.82) is 0 Å². The summed E-state index contributed by atoms with van der Waals surface area (Å²) in [6.07, 6.45) is 1.86. The van der Waals surface area contributed by atoms with Gasteiger partial charge >= 0.3 is 0 Å². The highest BCUT2D eigenvalue weighted by Crippen LogP contribution is 2.11. The molecule has 0 aromatic carbocycles. The van der Waals surface area contributed by atoms with Crippen LogP contribution in [-0.2, 0) is 9.53 Å². The first-order valence-electron chi connectivity index (χ1n) is 4.51. The lowest BCUT2D eigenvalue weighted by Crippen LogP contribution is -2.34. The normalized spacial score (nSPS) is 23.4. The van der Waals surface area contributed by atoms with Crippen molar-refractivity contribution in [3.05, 3.63) is 0 Å². The number of rotatable bonds is 4. The van der Waals surface area contributed by atoms with E-state index in [4.69, 9.17) is 10.6 Å². The van der Waals surface area contributed by atoms with Gasteiger partial charge in [-0.05, 0) is 6.42 Å². The predicted octanol–water partition coefficient (Wildman–Crippen LogP) is -0.913. The predicted molar refractivity (Wildman–Crippen MR) is 48.8 cm³/mol. The second kappa shape index (κ2) is 5.16. The average Bonchev–Trinajstić information content (AvgIpc) is 2.61. The van der Waals surface area contributed by atoms with Crippen LogP contribution >= 0.6 is 0 Å². The van der Waals surface area contributed by atoms with Crippen molar-refractivity contribution >= 4 is 5.91 Å². The highest BCUT2D eigenvalue weighted by molar-refractivity contribution is 5.75. The van der Waals surface area contributed by atoms with Crippen molar-refractivity contribution in [3.8, 4) is 0 Å². The summed E-state index contributed by atoms with van der Waals surface area (Å²) in [6, 6.07) is 0. The molecule has 76 valence electrons. The Bertz CT molecular complexity index is 175. The van der Waals surface area contributed by atoms with Crippen LogP contribution in [0.25, 0.3) is 0 Å². The van der Waals surface area contributed by atoms with Crippen molar-refractivity contribution in [2.24, 2.45) is 5.84 Å². The summed E-state index contributed by atoms with van der Waals surface area (Å²) >= 11 is 0. The number of amides is 1. The SMILES string of the molecule is COC1CCN(CCC(=O)NN)C1. The van der Waals surface area contributed by atoms with Gasteiger partial charge in [0.2, 0.25) is 5.91 Å². The molecule has 13 heavy (non-hydrogen) atoms. The van der Waals surface area contributed by atoms with Crippen LogP contribution in [0.4, 0.5) is 0 Å². The fourth-order valence-electron chi connectivity index (χ4n) is 1.52. The molecule has 1 heterocycles.